The zero-order valence-electron chi connectivity index (χ0n) is 11.6. The van der Waals surface area contributed by atoms with E-state index in [1.54, 1.807) is 31.5 Å². The molecule has 0 unspecified atom stereocenters. The first-order chi connectivity index (χ1) is 8.95. The first kappa shape index (κ1) is 13.5. The number of hydrogen-bond acceptors (Lipinski definition) is 6. The second-order valence-corrected chi connectivity index (χ2v) is 4.91. The van der Waals surface area contributed by atoms with Gasteiger partial charge in [-0.25, -0.2) is 0 Å². The third-order valence-corrected chi connectivity index (χ3v) is 3.02. The average Bonchev–Trinajstić information content (AvgIpc) is 2.82. The Hall–Kier alpha value is -1.89. The van der Waals surface area contributed by atoms with E-state index in [4.69, 9.17) is 4.74 Å². The smallest absolute Gasteiger partial charge is 0.257 e. The molecule has 2 N–H and O–H groups in total. The van der Waals surface area contributed by atoms with Crippen molar-refractivity contribution in [1.29, 1.82) is 0 Å². The summed E-state index contributed by atoms with van der Waals surface area (Å²) in [6.45, 7) is 5.54. The quantitative estimate of drug-likeness (QED) is 0.842. The lowest BCUT2D eigenvalue weighted by Gasteiger charge is -2.30. The topological polar surface area (TPSA) is 84.6 Å². The molecule has 0 aromatic carbocycles. The van der Waals surface area contributed by atoms with Crippen LogP contribution in [0.25, 0.3) is 5.78 Å². The number of aliphatic hydroxyl groups is 1. The molecule has 2 rings (SSSR count). The normalized spacial score (nSPS) is 13.5. The minimum absolute atomic E-state index is 0.119. The van der Waals surface area contributed by atoms with Crippen LogP contribution in [0.3, 0.4) is 0 Å². The summed E-state index contributed by atoms with van der Waals surface area (Å²) in [6.07, 6.45) is 2.20. The predicted molar refractivity (Wildman–Crippen MR) is 71.3 cm³/mol. The van der Waals surface area contributed by atoms with Gasteiger partial charge in [-0.05, 0) is 20.3 Å². The van der Waals surface area contributed by atoms with Gasteiger partial charge < -0.3 is 15.2 Å². The van der Waals surface area contributed by atoms with Crippen LogP contribution in [0.15, 0.2) is 12.4 Å². The first-order valence-electron chi connectivity index (χ1n) is 6.19. The van der Waals surface area contributed by atoms with Crippen molar-refractivity contribution in [3.63, 3.8) is 0 Å². The van der Waals surface area contributed by atoms with Crippen molar-refractivity contribution in [1.82, 2.24) is 19.6 Å². The van der Waals surface area contributed by atoms with Crippen LogP contribution in [0.2, 0.25) is 0 Å². The van der Waals surface area contributed by atoms with Gasteiger partial charge in [-0.2, -0.15) is 19.6 Å². The number of methoxy groups -OCH3 is 1. The SMILES string of the molecule is CC[C@H](Nc1cc(OC)nc2ncnn12)C(C)(C)O. The number of nitrogens with one attached hydrogen (secondary N) is 1. The van der Waals surface area contributed by atoms with Crippen LogP contribution in [0.5, 0.6) is 5.88 Å². The van der Waals surface area contributed by atoms with Crippen LogP contribution < -0.4 is 10.1 Å². The molecular formula is C12H19N5O2. The predicted octanol–water partition coefficient (Wildman–Crippen LogP) is 1.09. The van der Waals surface area contributed by atoms with E-state index in [9.17, 15) is 5.11 Å². The Labute approximate surface area is 111 Å². The van der Waals surface area contributed by atoms with Crippen LogP contribution in [-0.2, 0) is 0 Å². The maximum absolute atomic E-state index is 10.1. The van der Waals surface area contributed by atoms with Crippen molar-refractivity contribution in [2.24, 2.45) is 0 Å². The third-order valence-electron chi connectivity index (χ3n) is 3.02. The number of aromatic nitrogens is 4. The van der Waals surface area contributed by atoms with E-state index in [1.807, 2.05) is 6.92 Å². The summed E-state index contributed by atoms with van der Waals surface area (Å²) in [6, 6.07) is 1.61. The molecule has 0 aliphatic heterocycles. The Morgan fingerprint density at radius 1 is 1.53 bits per heavy atom. The molecule has 0 fully saturated rings. The molecule has 104 valence electrons. The monoisotopic (exact) mass is 265 g/mol. The number of fused-ring (bicyclic) bond motifs is 1. The zero-order chi connectivity index (χ0) is 14.0. The fourth-order valence-electron chi connectivity index (χ4n) is 1.95. The fourth-order valence-corrected chi connectivity index (χ4v) is 1.95. The van der Waals surface area contributed by atoms with Crippen LogP contribution in [-0.4, -0.2) is 43.4 Å². The highest BCUT2D eigenvalue weighted by molar-refractivity contribution is 5.47. The van der Waals surface area contributed by atoms with E-state index in [0.29, 0.717) is 17.5 Å². The van der Waals surface area contributed by atoms with Crippen molar-refractivity contribution in [3.8, 4) is 5.88 Å². The van der Waals surface area contributed by atoms with E-state index in [0.717, 1.165) is 6.42 Å². The van der Waals surface area contributed by atoms with Gasteiger partial charge in [0.25, 0.3) is 5.78 Å². The van der Waals surface area contributed by atoms with Crippen LogP contribution >= 0.6 is 0 Å². The second-order valence-electron chi connectivity index (χ2n) is 4.91. The number of anilines is 1. The summed E-state index contributed by atoms with van der Waals surface area (Å²) in [5.41, 5.74) is -0.849. The Kier molecular flexibility index (Phi) is 3.57. The summed E-state index contributed by atoms with van der Waals surface area (Å²) >= 11 is 0. The Morgan fingerprint density at radius 3 is 2.84 bits per heavy atom. The highest BCUT2D eigenvalue weighted by Gasteiger charge is 2.26. The lowest BCUT2D eigenvalue weighted by molar-refractivity contribution is 0.0577. The molecule has 0 saturated carbocycles. The third kappa shape index (κ3) is 2.76. The highest BCUT2D eigenvalue weighted by Crippen LogP contribution is 2.21. The molecule has 0 saturated heterocycles. The molecule has 19 heavy (non-hydrogen) atoms. The number of hydrogen-bond donors (Lipinski definition) is 2. The first-order valence-corrected chi connectivity index (χ1v) is 6.19. The van der Waals surface area contributed by atoms with E-state index >= 15 is 0 Å². The maximum Gasteiger partial charge on any atom is 0.257 e. The van der Waals surface area contributed by atoms with Crippen LogP contribution in [0.1, 0.15) is 27.2 Å². The summed E-state index contributed by atoms with van der Waals surface area (Å²) in [5, 5.41) is 17.5. The molecule has 0 spiro atoms. The molecule has 1 atom stereocenters. The Morgan fingerprint density at radius 2 is 2.26 bits per heavy atom. The van der Waals surface area contributed by atoms with Gasteiger partial charge in [0.15, 0.2) is 0 Å². The number of rotatable bonds is 5. The average molecular weight is 265 g/mol. The summed E-state index contributed by atoms with van der Waals surface area (Å²) in [5.74, 6) is 1.59. The largest absolute Gasteiger partial charge is 0.481 e. The molecule has 0 radical (unpaired) electrons. The number of ether oxygens (including phenoxy) is 1. The van der Waals surface area contributed by atoms with E-state index in [-0.39, 0.29) is 6.04 Å². The van der Waals surface area contributed by atoms with E-state index < -0.39 is 5.60 Å². The van der Waals surface area contributed by atoms with Crippen molar-refractivity contribution in [2.75, 3.05) is 12.4 Å². The molecule has 7 nitrogen and oxygen atoms in total. The van der Waals surface area contributed by atoms with Crippen molar-refractivity contribution in [3.05, 3.63) is 12.4 Å². The van der Waals surface area contributed by atoms with Crippen molar-refractivity contribution in [2.45, 2.75) is 38.8 Å². The van der Waals surface area contributed by atoms with Crippen molar-refractivity contribution >= 4 is 11.6 Å². The van der Waals surface area contributed by atoms with Crippen LogP contribution in [0.4, 0.5) is 5.82 Å². The molecular weight excluding hydrogens is 246 g/mol. The van der Waals surface area contributed by atoms with Gasteiger partial charge in [0.1, 0.15) is 12.1 Å². The standard InChI is InChI=1S/C12H19N5O2/c1-5-8(12(2,3)18)15-9-6-10(19-4)16-11-13-7-14-17(9)11/h6-8,15,18H,5H2,1-4H3/t8-/m0/s1. The summed E-state index contributed by atoms with van der Waals surface area (Å²) < 4.78 is 6.72. The van der Waals surface area contributed by atoms with Gasteiger partial charge in [-0.15, -0.1) is 0 Å². The van der Waals surface area contributed by atoms with E-state index in [2.05, 4.69) is 20.4 Å². The van der Waals surface area contributed by atoms with Gasteiger partial charge in [-0.3, -0.25) is 0 Å². The zero-order valence-corrected chi connectivity index (χ0v) is 11.6. The lowest BCUT2D eigenvalue weighted by atomic mass is 9.97. The number of nitrogens with zero attached hydrogens (tertiary/aromatic N) is 4. The molecule has 7 heteroatoms. The molecule has 0 bridgehead atoms. The maximum atomic E-state index is 10.1. The Bertz CT molecular complexity index is 561. The van der Waals surface area contributed by atoms with E-state index in [1.165, 1.54) is 6.33 Å². The van der Waals surface area contributed by atoms with Gasteiger partial charge in [0.05, 0.1) is 18.8 Å². The lowest BCUT2D eigenvalue weighted by Crippen LogP contribution is -2.41. The minimum atomic E-state index is -0.849. The summed E-state index contributed by atoms with van der Waals surface area (Å²) in [4.78, 5) is 8.22. The molecule has 2 aromatic heterocycles. The highest BCUT2D eigenvalue weighted by atomic mass is 16.5. The van der Waals surface area contributed by atoms with Gasteiger partial charge in [0.2, 0.25) is 5.88 Å². The van der Waals surface area contributed by atoms with Gasteiger partial charge in [0, 0.05) is 6.07 Å². The molecule has 0 amide bonds. The van der Waals surface area contributed by atoms with Gasteiger partial charge >= 0.3 is 0 Å². The molecule has 2 aromatic rings. The van der Waals surface area contributed by atoms with Gasteiger partial charge in [-0.1, -0.05) is 6.92 Å². The summed E-state index contributed by atoms with van der Waals surface area (Å²) in [7, 11) is 1.55. The minimum Gasteiger partial charge on any atom is -0.481 e. The fraction of sp³-hybridized carbons (Fsp3) is 0.583. The van der Waals surface area contributed by atoms with Crippen molar-refractivity contribution < 1.29 is 9.84 Å². The van der Waals surface area contributed by atoms with Crippen LogP contribution in [0, 0.1) is 0 Å². The molecule has 2 heterocycles. The Balaban J connectivity index is 2.40. The molecule has 0 aliphatic carbocycles. The molecule has 0 aliphatic rings. The second kappa shape index (κ2) is 5.00.